The maximum absolute atomic E-state index is 12.7. The molecule has 0 aromatic heterocycles. The molecule has 1 aromatic carbocycles. The van der Waals surface area contributed by atoms with Crippen LogP contribution in [0.5, 0.6) is 0 Å². The van der Waals surface area contributed by atoms with Crippen molar-refractivity contribution in [2.24, 2.45) is 0 Å². The third-order valence-electron chi connectivity index (χ3n) is 1.37. The van der Waals surface area contributed by atoms with Crippen molar-refractivity contribution in [3.05, 3.63) is 34.1 Å². The molecule has 0 aliphatic rings. The largest absolute Gasteiger partial charge is 0.465 e. The third-order valence-corrected chi connectivity index (χ3v) is 1.82. The minimum atomic E-state index is -1.12. The van der Waals surface area contributed by atoms with Gasteiger partial charge in [-0.3, -0.25) is 0 Å². The fraction of sp³-hybridized carbons (Fsp3) is 0.125. The van der Waals surface area contributed by atoms with E-state index in [0.717, 1.165) is 0 Å². The summed E-state index contributed by atoms with van der Waals surface area (Å²) in [6.45, 7) is 0.103. The molecule has 1 amide bonds. The number of carbonyl (C=O) groups is 1. The normalized spacial score (nSPS) is 9.69. The second-order valence-corrected chi connectivity index (χ2v) is 3.35. The zero-order valence-electron chi connectivity index (χ0n) is 6.55. The summed E-state index contributed by atoms with van der Waals surface area (Å²) in [7, 11) is 0. The van der Waals surface area contributed by atoms with Crippen LogP contribution < -0.4 is 5.32 Å². The molecule has 2 N–H and O–H groups in total. The first-order valence-electron chi connectivity index (χ1n) is 3.49. The molecule has 0 spiro atoms. The first-order chi connectivity index (χ1) is 6.08. The van der Waals surface area contributed by atoms with E-state index in [9.17, 15) is 9.18 Å². The number of halogens is 2. The summed E-state index contributed by atoms with van der Waals surface area (Å²) in [6.07, 6.45) is -1.12. The predicted octanol–water partition coefficient (Wildman–Crippen LogP) is 2.36. The number of benzene rings is 1. The van der Waals surface area contributed by atoms with Crippen molar-refractivity contribution < 1.29 is 14.3 Å². The highest BCUT2D eigenvalue weighted by molar-refractivity contribution is 9.10. The number of carboxylic acid groups (broad SMARTS) is 1. The lowest BCUT2D eigenvalue weighted by Crippen LogP contribution is -2.19. The van der Waals surface area contributed by atoms with E-state index >= 15 is 0 Å². The van der Waals surface area contributed by atoms with Crippen molar-refractivity contribution >= 4 is 22.0 Å². The van der Waals surface area contributed by atoms with E-state index in [2.05, 4.69) is 21.2 Å². The van der Waals surface area contributed by atoms with E-state index < -0.39 is 11.9 Å². The smallest absolute Gasteiger partial charge is 0.404 e. The molecule has 1 aromatic rings. The Morgan fingerprint density at radius 3 is 2.77 bits per heavy atom. The molecule has 0 saturated carbocycles. The summed E-state index contributed by atoms with van der Waals surface area (Å²) in [5.74, 6) is -0.392. The van der Waals surface area contributed by atoms with Gasteiger partial charge < -0.3 is 10.4 Å². The summed E-state index contributed by atoms with van der Waals surface area (Å²) in [5.41, 5.74) is 0.578. The molecule has 0 fully saturated rings. The standard InChI is InChI=1S/C8H7BrFNO2/c9-6-1-5(2-7(10)3-6)4-11-8(12)13/h1-3,11H,4H2,(H,12,13). The minimum absolute atomic E-state index is 0.103. The summed E-state index contributed by atoms with van der Waals surface area (Å²) in [5, 5.41) is 10.4. The highest BCUT2D eigenvalue weighted by Crippen LogP contribution is 2.14. The lowest BCUT2D eigenvalue weighted by molar-refractivity contribution is 0.194. The Hall–Kier alpha value is -1.10. The zero-order chi connectivity index (χ0) is 9.84. The first kappa shape index (κ1) is 9.98. The number of amides is 1. The van der Waals surface area contributed by atoms with Gasteiger partial charge in [0.05, 0.1) is 0 Å². The van der Waals surface area contributed by atoms with Crippen LogP contribution in [0, 0.1) is 5.82 Å². The molecular weight excluding hydrogens is 241 g/mol. The lowest BCUT2D eigenvalue weighted by Gasteiger charge is -2.02. The van der Waals surface area contributed by atoms with E-state index in [0.29, 0.717) is 10.0 Å². The fourth-order valence-corrected chi connectivity index (χ4v) is 1.40. The average molecular weight is 248 g/mol. The van der Waals surface area contributed by atoms with E-state index in [1.165, 1.54) is 12.1 Å². The van der Waals surface area contributed by atoms with E-state index in [1.807, 2.05) is 0 Å². The lowest BCUT2D eigenvalue weighted by atomic mass is 10.2. The van der Waals surface area contributed by atoms with Crippen LogP contribution in [0.1, 0.15) is 5.56 Å². The SMILES string of the molecule is O=C(O)NCc1cc(F)cc(Br)c1. The second kappa shape index (κ2) is 4.23. The number of nitrogens with one attached hydrogen (secondary N) is 1. The van der Waals surface area contributed by atoms with Gasteiger partial charge in [-0.2, -0.15) is 0 Å². The highest BCUT2D eigenvalue weighted by atomic mass is 79.9. The molecule has 0 aliphatic carbocycles. The summed E-state index contributed by atoms with van der Waals surface area (Å²) in [4.78, 5) is 10.1. The topological polar surface area (TPSA) is 49.3 Å². The van der Waals surface area contributed by atoms with Gasteiger partial charge in [-0.25, -0.2) is 9.18 Å². The van der Waals surface area contributed by atoms with Crippen LogP contribution in [0.15, 0.2) is 22.7 Å². The molecule has 0 bridgehead atoms. The maximum Gasteiger partial charge on any atom is 0.404 e. The van der Waals surface area contributed by atoms with Crippen LogP contribution in [0.4, 0.5) is 9.18 Å². The van der Waals surface area contributed by atoms with Crippen LogP contribution in [0.2, 0.25) is 0 Å². The highest BCUT2D eigenvalue weighted by Gasteiger charge is 2.00. The predicted molar refractivity (Wildman–Crippen MR) is 49.0 cm³/mol. The summed E-state index contributed by atoms with van der Waals surface area (Å²) in [6, 6.07) is 4.24. The average Bonchev–Trinajstić information content (AvgIpc) is 1.99. The van der Waals surface area contributed by atoms with Gasteiger partial charge in [0.25, 0.3) is 0 Å². The minimum Gasteiger partial charge on any atom is -0.465 e. The van der Waals surface area contributed by atoms with E-state index in [4.69, 9.17) is 5.11 Å². The van der Waals surface area contributed by atoms with Crippen molar-refractivity contribution in [1.82, 2.24) is 5.32 Å². The molecule has 13 heavy (non-hydrogen) atoms. The van der Waals surface area contributed by atoms with Gasteiger partial charge in [0.1, 0.15) is 5.82 Å². The van der Waals surface area contributed by atoms with Gasteiger partial charge in [-0.1, -0.05) is 15.9 Å². The number of rotatable bonds is 2. The van der Waals surface area contributed by atoms with Crippen LogP contribution in [0.25, 0.3) is 0 Å². The molecule has 0 aliphatic heterocycles. The maximum atomic E-state index is 12.7. The molecular formula is C8H7BrFNO2. The summed E-state index contributed by atoms with van der Waals surface area (Å²) >= 11 is 3.10. The van der Waals surface area contributed by atoms with Crippen LogP contribution in [-0.2, 0) is 6.54 Å². The number of hydrogen-bond acceptors (Lipinski definition) is 1. The van der Waals surface area contributed by atoms with E-state index in [-0.39, 0.29) is 6.54 Å². The van der Waals surface area contributed by atoms with Gasteiger partial charge in [0, 0.05) is 11.0 Å². The third kappa shape index (κ3) is 3.42. The second-order valence-electron chi connectivity index (χ2n) is 2.44. The van der Waals surface area contributed by atoms with Crippen molar-refractivity contribution in [1.29, 1.82) is 0 Å². The molecule has 0 saturated heterocycles. The van der Waals surface area contributed by atoms with Crippen molar-refractivity contribution in [3.63, 3.8) is 0 Å². The van der Waals surface area contributed by atoms with Crippen molar-refractivity contribution in [2.75, 3.05) is 0 Å². The Labute approximate surface area is 82.7 Å². The first-order valence-corrected chi connectivity index (χ1v) is 4.29. The Bertz CT molecular complexity index is 310. The van der Waals surface area contributed by atoms with E-state index in [1.54, 1.807) is 6.07 Å². The van der Waals surface area contributed by atoms with Gasteiger partial charge in [0.15, 0.2) is 0 Å². The van der Waals surface area contributed by atoms with Gasteiger partial charge in [0.2, 0.25) is 0 Å². The summed E-state index contributed by atoms with van der Waals surface area (Å²) < 4.78 is 13.3. The number of hydrogen-bond donors (Lipinski definition) is 2. The van der Waals surface area contributed by atoms with Crippen LogP contribution in [-0.4, -0.2) is 11.2 Å². The van der Waals surface area contributed by atoms with Crippen LogP contribution in [0.3, 0.4) is 0 Å². The molecule has 0 atom stereocenters. The molecule has 0 unspecified atom stereocenters. The molecule has 1 rings (SSSR count). The van der Waals surface area contributed by atoms with Gasteiger partial charge in [-0.05, 0) is 23.8 Å². The zero-order valence-corrected chi connectivity index (χ0v) is 8.14. The fourth-order valence-electron chi connectivity index (χ4n) is 0.891. The Kier molecular flexibility index (Phi) is 3.25. The Morgan fingerprint density at radius 1 is 1.54 bits per heavy atom. The molecule has 3 nitrogen and oxygen atoms in total. The van der Waals surface area contributed by atoms with Crippen molar-refractivity contribution in [3.8, 4) is 0 Å². The molecule has 0 heterocycles. The van der Waals surface area contributed by atoms with Crippen LogP contribution >= 0.6 is 15.9 Å². The molecule has 0 radical (unpaired) electrons. The van der Waals surface area contributed by atoms with Crippen molar-refractivity contribution in [2.45, 2.75) is 6.54 Å². The van der Waals surface area contributed by atoms with Gasteiger partial charge >= 0.3 is 6.09 Å². The Balaban J connectivity index is 2.71. The van der Waals surface area contributed by atoms with Gasteiger partial charge in [-0.15, -0.1) is 0 Å². The monoisotopic (exact) mass is 247 g/mol. The molecule has 70 valence electrons. The molecule has 5 heteroatoms. The Morgan fingerprint density at radius 2 is 2.23 bits per heavy atom. The quantitative estimate of drug-likeness (QED) is 0.843.